The van der Waals surface area contributed by atoms with Gasteiger partial charge in [0.1, 0.15) is 28.3 Å². The van der Waals surface area contributed by atoms with Gasteiger partial charge in [0, 0.05) is 23.3 Å². The number of aromatic nitrogens is 3. The SMILES string of the molecule is CC(C)[Si](C(C)C)(C(C)C)n1cc(C(O)c2sc(N(Cc3ccc(F)cc3)C(=O)OC(C)(C)C)nc2Cl)c2cccnc21. The second kappa shape index (κ2) is 12.7. The topological polar surface area (TPSA) is 80.5 Å². The van der Waals surface area contributed by atoms with Gasteiger partial charge in [-0.3, -0.25) is 0 Å². The fourth-order valence-electron chi connectivity index (χ4n) is 6.46. The monoisotopic (exact) mass is 644 g/mol. The van der Waals surface area contributed by atoms with E-state index in [-0.39, 0.29) is 22.6 Å². The highest BCUT2D eigenvalue weighted by Crippen LogP contribution is 2.46. The first-order valence-electron chi connectivity index (χ1n) is 14.6. The summed E-state index contributed by atoms with van der Waals surface area (Å²) in [7, 11) is -2.20. The van der Waals surface area contributed by atoms with E-state index in [0.29, 0.717) is 32.6 Å². The molecule has 0 aliphatic rings. The number of benzene rings is 1. The number of aliphatic hydroxyl groups is 1. The average molecular weight is 645 g/mol. The number of amides is 1. The molecule has 0 radical (unpaired) electrons. The van der Waals surface area contributed by atoms with Crippen molar-refractivity contribution in [3.05, 3.63) is 75.8 Å². The first-order chi connectivity index (χ1) is 20.1. The van der Waals surface area contributed by atoms with Crippen molar-refractivity contribution in [2.75, 3.05) is 4.90 Å². The third kappa shape index (κ3) is 6.52. The van der Waals surface area contributed by atoms with Gasteiger partial charge in [0.2, 0.25) is 0 Å². The lowest BCUT2D eigenvalue weighted by Gasteiger charge is -2.44. The molecule has 1 unspecified atom stereocenters. The summed E-state index contributed by atoms with van der Waals surface area (Å²) in [6.45, 7) is 19.2. The van der Waals surface area contributed by atoms with Crippen LogP contribution in [-0.2, 0) is 11.3 Å². The molecule has 0 saturated heterocycles. The minimum Gasteiger partial charge on any atom is -0.443 e. The number of thiazole rings is 1. The highest BCUT2D eigenvalue weighted by Gasteiger charge is 2.46. The first-order valence-corrected chi connectivity index (χ1v) is 18.0. The van der Waals surface area contributed by atoms with E-state index in [1.165, 1.54) is 17.0 Å². The van der Waals surface area contributed by atoms with Crippen LogP contribution < -0.4 is 4.90 Å². The van der Waals surface area contributed by atoms with Crippen LogP contribution in [0.5, 0.6) is 0 Å². The van der Waals surface area contributed by atoms with Gasteiger partial charge in [0.25, 0.3) is 0 Å². The highest BCUT2D eigenvalue weighted by molar-refractivity contribution is 7.16. The lowest BCUT2D eigenvalue weighted by atomic mass is 10.1. The Labute approximate surface area is 263 Å². The van der Waals surface area contributed by atoms with E-state index in [2.05, 4.69) is 57.0 Å². The molecule has 4 aromatic rings. The van der Waals surface area contributed by atoms with Crippen LogP contribution in [0.15, 0.2) is 48.8 Å². The number of rotatable bonds is 9. The smallest absolute Gasteiger partial charge is 0.416 e. The second-order valence-corrected chi connectivity index (χ2v) is 20.0. The standard InChI is InChI=1S/C32H42ClFN4O3SSi/c1-19(2)43(20(3)4,21(5)6)38-18-25(24-11-10-16-35-29(24)38)26(39)27-28(33)36-30(42-27)37(31(40)41-32(7,8)9)17-22-12-14-23(34)15-13-22/h10-16,18-21,26,39H,17H2,1-9H3. The summed E-state index contributed by atoms with van der Waals surface area (Å²) < 4.78 is 21.6. The molecule has 3 aromatic heterocycles. The Hall–Kier alpha value is -2.79. The number of ether oxygens (including phenoxy) is 1. The van der Waals surface area contributed by atoms with E-state index in [0.717, 1.165) is 22.4 Å². The van der Waals surface area contributed by atoms with Crippen molar-refractivity contribution in [1.29, 1.82) is 0 Å². The summed E-state index contributed by atoms with van der Waals surface area (Å²) in [4.78, 5) is 24.4. The van der Waals surface area contributed by atoms with Gasteiger partial charge in [-0.1, -0.05) is 76.6 Å². The van der Waals surface area contributed by atoms with Gasteiger partial charge in [-0.15, -0.1) is 0 Å². The van der Waals surface area contributed by atoms with E-state index in [1.54, 1.807) is 39.1 Å². The van der Waals surface area contributed by atoms with Crippen molar-refractivity contribution in [3.8, 4) is 0 Å². The Morgan fingerprint density at radius 1 is 1.09 bits per heavy atom. The Bertz CT molecular complexity index is 1560. The van der Waals surface area contributed by atoms with Gasteiger partial charge >= 0.3 is 6.09 Å². The zero-order valence-electron chi connectivity index (χ0n) is 26.4. The van der Waals surface area contributed by atoms with Gasteiger partial charge in [0.15, 0.2) is 13.4 Å². The summed E-state index contributed by atoms with van der Waals surface area (Å²) >= 11 is 7.82. The molecule has 3 heterocycles. The molecule has 0 fully saturated rings. The normalized spacial score (nSPS) is 13.4. The second-order valence-electron chi connectivity index (χ2n) is 12.9. The molecular weight excluding hydrogens is 603 g/mol. The highest BCUT2D eigenvalue weighted by atomic mass is 35.5. The van der Waals surface area contributed by atoms with Crippen LogP contribution in [0, 0.1) is 5.82 Å². The van der Waals surface area contributed by atoms with Crippen LogP contribution in [0.3, 0.4) is 0 Å². The predicted octanol–water partition coefficient (Wildman–Crippen LogP) is 9.33. The van der Waals surface area contributed by atoms with Gasteiger partial charge in [-0.2, -0.15) is 0 Å². The molecule has 4 rings (SSSR count). The van der Waals surface area contributed by atoms with E-state index in [1.807, 2.05) is 12.1 Å². The molecule has 0 aliphatic carbocycles. The first kappa shape index (κ1) is 33.1. The lowest BCUT2D eigenvalue weighted by molar-refractivity contribution is 0.0577. The molecule has 0 saturated carbocycles. The van der Waals surface area contributed by atoms with Crippen molar-refractivity contribution in [2.45, 2.75) is 97.2 Å². The van der Waals surface area contributed by atoms with Gasteiger partial charge < -0.3 is 14.1 Å². The number of hydrogen-bond acceptors (Lipinski definition) is 6. The van der Waals surface area contributed by atoms with Crippen molar-refractivity contribution in [1.82, 2.24) is 14.2 Å². The molecule has 1 aromatic carbocycles. The van der Waals surface area contributed by atoms with Gasteiger partial charge in [0.05, 0.1) is 11.4 Å². The average Bonchev–Trinajstić information content (AvgIpc) is 3.48. The number of carbonyl (C=O) groups is 1. The van der Waals surface area contributed by atoms with E-state index in [9.17, 15) is 14.3 Å². The largest absolute Gasteiger partial charge is 0.443 e. The number of halogens is 2. The number of fused-ring (bicyclic) bond motifs is 1. The Balaban J connectivity index is 1.82. The molecule has 0 aliphatic heterocycles. The minimum atomic E-state index is -2.20. The number of aliphatic hydroxyl groups excluding tert-OH is 1. The van der Waals surface area contributed by atoms with Crippen LogP contribution in [0.4, 0.5) is 14.3 Å². The zero-order valence-corrected chi connectivity index (χ0v) is 28.9. The summed E-state index contributed by atoms with van der Waals surface area (Å²) in [6.07, 6.45) is 2.14. The van der Waals surface area contributed by atoms with Crippen molar-refractivity contribution in [3.63, 3.8) is 0 Å². The third-order valence-electron chi connectivity index (χ3n) is 8.03. The molecule has 43 heavy (non-hydrogen) atoms. The summed E-state index contributed by atoms with van der Waals surface area (Å²) in [5.41, 5.74) is 2.74. The fraction of sp³-hybridized carbons (Fsp3) is 0.469. The van der Waals surface area contributed by atoms with E-state index >= 15 is 0 Å². The number of nitrogens with zero attached hydrogens (tertiary/aromatic N) is 4. The molecule has 232 valence electrons. The molecule has 1 amide bonds. The maximum Gasteiger partial charge on any atom is 0.416 e. The number of anilines is 1. The third-order valence-corrected chi connectivity index (χ3v) is 16.3. The fourth-order valence-corrected chi connectivity index (χ4v) is 14.3. The van der Waals surface area contributed by atoms with Gasteiger partial charge in [-0.25, -0.2) is 24.1 Å². The van der Waals surface area contributed by atoms with Crippen LogP contribution in [0.2, 0.25) is 21.8 Å². The maximum atomic E-state index is 13.6. The van der Waals surface area contributed by atoms with Gasteiger partial charge in [-0.05, 0) is 67.2 Å². The van der Waals surface area contributed by atoms with Crippen molar-refractivity contribution in [2.24, 2.45) is 0 Å². The molecule has 1 N–H and O–H groups in total. The van der Waals surface area contributed by atoms with Crippen LogP contribution in [0.25, 0.3) is 11.0 Å². The molecule has 1 atom stereocenters. The molecule has 11 heteroatoms. The zero-order chi connectivity index (χ0) is 31.9. The maximum absolute atomic E-state index is 13.6. The molecule has 0 spiro atoms. The summed E-state index contributed by atoms with van der Waals surface area (Å²) in [6, 6.07) is 9.74. The summed E-state index contributed by atoms with van der Waals surface area (Å²) in [5.74, 6) is -0.372. The Kier molecular flexibility index (Phi) is 9.76. The number of carbonyl (C=O) groups excluding carboxylic acids is 1. The van der Waals surface area contributed by atoms with Crippen LogP contribution in [-0.4, -0.2) is 39.2 Å². The number of pyridine rings is 1. The quantitative estimate of drug-likeness (QED) is 0.184. The van der Waals surface area contributed by atoms with Crippen molar-refractivity contribution >= 4 is 53.4 Å². The van der Waals surface area contributed by atoms with Crippen LogP contribution in [0.1, 0.15) is 84.4 Å². The molecule has 7 nitrogen and oxygen atoms in total. The van der Waals surface area contributed by atoms with Crippen LogP contribution >= 0.6 is 22.9 Å². The van der Waals surface area contributed by atoms with E-state index < -0.39 is 26.0 Å². The molecule has 0 bridgehead atoms. The predicted molar refractivity (Wildman–Crippen MR) is 176 cm³/mol. The number of hydrogen-bond donors (Lipinski definition) is 1. The Morgan fingerprint density at radius 2 is 1.70 bits per heavy atom. The lowest BCUT2D eigenvalue weighted by Crippen LogP contribution is -2.51. The minimum absolute atomic E-state index is 0.0864. The Morgan fingerprint density at radius 3 is 2.26 bits per heavy atom. The molecular formula is C32H42ClFN4O3SSi. The summed E-state index contributed by atoms with van der Waals surface area (Å²) in [5, 5.41) is 13.1. The van der Waals surface area contributed by atoms with Crippen molar-refractivity contribution < 1.29 is 19.0 Å². The van der Waals surface area contributed by atoms with E-state index in [4.69, 9.17) is 21.3 Å².